The van der Waals surface area contributed by atoms with E-state index in [0.29, 0.717) is 0 Å². The van der Waals surface area contributed by atoms with Crippen LogP contribution in [0.15, 0.2) is 36.7 Å². The average molecular weight is 257 g/mol. The van der Waals surface area contributed by atoms with Gasteiger partial charge in [0.05, 0.1) is 6.04 Å². The van der Waals surface area contributed by atoms with Gasteiger partial charge < -0.3 is 10.3 Å². The van der Waals surface area contributed by atoms with Crippen molar-refractivity contribution in [2.75, 3.05) is 6.54 Å². The number of hydrogen-bond acceptors (Lipinski definition) is 2. The number of nitrogens with one attached hydrogen (secondary N) is 2. The van der Waals surface area contributed by atoms with Crippen molar-refractivity contribution in [3.8, 4) is 0 Å². The SMILES string of the molecule is CCCNC(c1ccc(CCC)cc1)c1ncc[nH]1. The lowest BCUT2D eigenvalue weighted by Gasteiger charge is -2.17. The van der Waals surface area contributed by atoms with Gasteiger partial charge in [-0.3, -0.25) is 0 Å². The summed E-state index contributed by atoms with van der Waals surface area (Å²) < 4.78 is 0. The van der Waals surface area contributed by atoms with Crippen molar-refractivity contribution in [1.82, 2.24) is 15.3 Å². The van der Waals surface area contributed by atoms with E-state index < -0.39 is 0 Å². The Bertz CT molecular complexity index is 459. The Labute approximate surface area is 115 Å². The first kappa shape index (κ1) is 13.8. The molecule has 3 nitrogen and oxygen atoms in total. The van der Waals surface area contributed by atoms with Gasteiger partial charge in [-0.05, 0) is 30.5 Å². The Balaban J connectivity index is 2.17. The van der Waals surface area contributed by atoms with Crippen LogP contribution in [0.4, 0.5) is 0 Å². The zero-order valence-corrected chi connectivity index (χ0v) is 11.8. The molecule has 0 saturated heterocycles. The Hall–Kier alpha value is -1.61. The van der Waals surface area contributed by atoms with Crippen LogP contribution >= 0.6 is 0 Å². The maximum absolute atomic E-state index is 4.39. The number of nitrogens with zero attached hydrogens (tertiary/aromatic N) is 1. The first-order valence-corrected chi connectivity index (χ1v) is 7.16. The van der Waals surface area contributed by atoms with Crippen molar-refractivity contribution >= 4 is 0 Å². The molecule has 0 fully saturated rings. The van der Waals surface area contributed by atoms with E-state index in [4.69, 9.17) is 0 Å². The van der Waals surface area contributed by atoms with Crippen LogP contribution in [-0.4, -0.2) is 16.5 Å². The lowest BCUT2D eigenvalue weighted by Crippen LogP contribution is -2.24. The molecule has 2 N–H and O–H groups in total. The first-order chi connectivity index (χ1) is 9.35. The van der Waals surface area contributed by atoms with Gasteiger partial charge in [-0.15, -0.1) is 0 Å². The molecule has 19 heavy (non-hydrogen) atoms. The highest BCUT2D eigenvalue weighted by atomic mass is 15.0. The molecular formula is C16H23N3. The summed E-state index contributed by atoms with van der Waals surface area (Å²) in [6, 6.07) is 9.03. The van der Waals surface area contributed by atoms with Gasteiger partial charge in [-0.2, -0.15) is 0 Å². The van der Waals surface area contributed by atoms with Gasteiger partial charge in [-0.1, -0.05) is 44.5 Å². The molecule has 2 aromatic rings. The van der Waals surface area contributed by atoms with Crippen molar-refractivity contribution in [2.45, 2.75) is 39.2 Å². The maximum atomic E-state index is 4.39. The summed E-state index contributed by atoms with van der Waals surface area (Å²) in [7, 11) is 0. The summed E-state index contributed by atoms with van der Waals surface area (Å²) in [6.07, 6.45) is 7.14. The number of aryl methyl sites for hydroxylation is 1. The minimum Gasteiger partial charge on any atom is -0.347 e. The molecule has 102 valence electrons. The van der Waals surface area contributed by atoms with Crippen molar-refractivity contribution in [3.05, 3.63) is 53.6 Å². The van der Waals surface area contributed by atoms with E-state index in [9.17, 15) is 0 Å². The van der Waals surface area contributed by atoms with Gasteiger partial charge in [0, 0.05) is 12.4 Å². The number of aromatic nitrogens is 2. The Morgan fingerprint density at radius 3 is 2.53 bits per heavy atom. The number of rotatable bonds is 7. The summed E-state index contributed by atoms with van der Waals surface area (Å²) in [5, 5.41) is 3.55. The molecule has 3 heteroatoms. The quantitative estimate of drug-likeness (QED) is 0.797. The normalized spacial score (nSPS) is 12.5. The lowest BCUT2D eigenvalue weighted by molar-refractivity contribution is 0.576. The van der Waals surface area contributed by atoms with Crippen molar-refractivity contribution in [1.29, 1.82) is 0 Å². The van der Waals surface area contributed by atoms with Crippen LogP contribution in [-0.2, 0) is 6.42 Å². The number of aromatic amines is 1. The highest BCUT2D eigenvalue weighted by Gasteiger charge is 2.15. The second-order valence-electron chi connectivity index (χ2n) is 4.85. The molecule has 1 aromatic carbocycles. The second-order valence-corrected chi connectivity index (χ2v) is 4.85. The van der Waals surface area contributed by atoms with Crippen molar-refractivity contribution in [3.63, 3.8) is 0 Å². The Kier molecular flexibility index (Phi) is 5.16. The van der Waals surface area contributed by atoms with Crippen LogP contribution in [0.5, 0.6) is 0 Å². The zero-order valence-electron chi connectivity index (χ0n) is 11.8. The van der Waals surface area contributed by atoms with E-state index in [1.165, 1.54) is 17.5 Å². The molecule has 0 spiro atoms. The van der Waals surface area contributed by atoms with E-state index in [0.717, 1.165) is 25.2 Å². The molecular weight excluding hydrogens is 234 g/mol. The van der Waals surface area contributed by atoms with Crippen molar-refractivity contribution < 1.29 is 0 Å². The van der Waals surface area contributed by atoms with Crippen LogP contribution < -0.4 is 5.32 Å². The lowest BCUT2D eigenvalue weighted by atomic mass is 10.0. The molecule has 0 aliphatic rings. The summed E-state index contributed by atoms with van der Waals surface area (Å²) in [5.74, 6) is 0.983. The highest BCUT2D eigenvalue weighted by Crippen LogP contribution is 2.20. The minimum absolute atomic E-state index is 0.158. The van der Waals surface area contributed by atoms with Crippen molar-refractivity contribution in [2.24, 2.45) is 0 Å². The van der Waals surface area contributed by atoms with Crippen LogP contribution in [0.3, 0.4) is 0 Å². The molecule has 0 bridgehead atoms. The molecule has 2 rings (SSSR count). The molecule has 1 aromatic heterocycles. The highest BCUT2D eigenvalue weighted by molar-refractivity contribution is 5.28. The summed E-state index contributed by atoms with van der Waals surface area (Å²) >= 11 is 0. The van der Waals surface area contributed by atoms with E-state index in [1.54, 1.807) is 6.20 Å². The maximum Gasteiger partial charge on any atom is 0.127 e. The third-order valence-corrected chi connectivity index (χ3v) is 3.24. The van der Waals surface area contributed by atoms with Gasteiger partial charge in [0.2, 0.25) is 0 Å². The van der Waals surface area contributed by atoms with Crippen LogP contribution in [0.25, 0.3) is 0 Å². The Morgan fingerprint density at radius 1 is 1.16 bits per heavy atom. The molecule has 0 amide bonds. The van der Waals surface area contributed by atoms with Crippen LogP contribution in [0, 0.1) is 0 Å². The van der Waals surface area contributed by atoms with E-state index in [-0.39, 0.29) is 6.04 Å². The number of H-pyrrole nitrogens is 1. The molecule has 1 atom stereocenters. The largest absolute Gasteiger partial charge is 0.347 e. The number of hydrogen-bond donors (Lipinski definition) is 2. The van der Waals surface area contributed by atoms with E-state index in [2.05, 4.69) is 53.4 Å². The monoisotopic (exact) mass is 257 g/mol. The van der Waals surface area contributed by atoms with Gasteiger partial charge >= 0.3 is 0 Å². The predicted octanol–water partition coefficient (Wildman–Crippen LogP) is 3.45. The van der Waals surface area contributed by atoms with Gasteiger partial charge in [-0.25, -0.2) is 4.98 Å². The second kappa shape index (κ2) is 7.10. The number of benzene rings is 1. The molecule has 0 aliphatic heterocycles. The summed E-state index contributed by atoms with van der Waals surface area (Å²) in [6.45, 7) is 5.38. The van der Waals surface area contributed by atoms with Crippen LogP contribution in [0.2, 0.25) is 0 Å². The fraction of sp³-hybridized carbons (Fsp3) is 0.438. The third-order valence-electron chi connectivity index (χ3n) is 3.24. The topological polar surface area (TPSA) is 40.7 Å². The average Bonchev–Trinajstić information content (AvgIpc) is 2.95. The summed E-state index contributed by atoms with van der Waals surface area (Å²) in [4.78, 5) is 7.60. The third kappa shape index (κ3) is 3.67. The Morgan fingerprint density at radius 2 is 1.95 bits per heavy atom. The molecule has 0 aliphatic carbocycles. The minimum atomic E-state index is 0.158. The van der Waals surface area contributed by atoms with Gasteiger partial charge in [0.15, 0.2) is 0 Å². The fourth-order valence-electron chi connectivity index (χ4n) is 2.26. The molecule has 0 radical (unpaired) electrons. The molecule has 1 unspecified atom stereocenters. The van der Waals surface area contributed by atoms with Gasteiger partial charge in [0.25, 0.3) is 0 Å². The van der Waals surface area contributed by atoms with Gasteiger partial charge in [0.1, 0.15) is 5.82 Å². The van der Waals surface area contributed by atoms with Crippen LogP contribution in [0.1, 0.15) is 49.7 Å². The van der Waals surface area contributed by atoms with E-state index >= 15 is 0 Å². The number of imidazole rings is 1. The predicted molar refractivity (Wildman–Crippen MR) is 79.2 cm³/mol. The standard InChI is InChI=1S/C16H23N3/c1-3-5-13-6-8-14(9-7-13)15(17-10-4-2)16-18-11-12-19-16/h6-9,11-12,15,17H,3-5,10H2,1-2H3,(H,18,19). The smallest absolute Gasteiger partial charge is 0.127 e. The fourth-order valence-corrected chi connectivity index (χ4v) is 2.26. The van der Waals surface area contributed by atoms with E-state index in [1.807, 2.05) is 6.20 Å². The molecule has 0 saturated carbocycles. The molecule has 1 heterocycles. The first-order valence-electron chi connectivity index (χ1n) is 7.16. The zero-order chi connectivity index (χ0) is 13.5. The summed E-state index contributed by atoms with van der Waals surface area (Å²) in [5.41, 5.74) is 2.67.